The lowest BCUT2D eigenvalue weighted by atomic mass is 10.1. The van der Waals surface area contributed by atoms with Crippen LogP contribution >= 0.6 is 24.0 Å². The van der Waals surface area contributed by atoms with Crippen LogP contribution in [-0.2, 0) is 11.3 Å². The highest BCUT2D eigenvalue weighted by Crippen LogP contribution is 2.14. The van der Waals surface area contributed by atoms with Crippen molar-refractivity contribution in [3.8, 4) is 5.75 Å². The van der Waals surface area contributed by atoms with Crippen molar-refractivity contribution in [2.45, 2.75) is 45.2 Å². The van der Waals surface area contributed by atoms with E-state index in [0.29, 0.717) is 18.5 Å². The van der Waals surface area contributed by atoms with E-state index in [1.807, 2.05) is 24.3 Å². The van der Waals surface area contributed by atoms with Gasteiger partial charge in [0, 0.05) is 26.7 Å². The predicted molar refractivity (Wildman–Crippen MR) is 134 cm³/mol. The minimum Gasteiger partial charge on any atom is -0.497 e. The third-order valence-corrected chi connectivity index (χ3v) is 5.35. The van der Waals surface area contributed by atoms with Gasteiger partial charge in [0.1, 0.15) is 5.75 Å². The molecule has 2 rings (SSSR count). The lowest BCUT2D eigenvalue weighted by Crippen LogP contribution is -2.45. The molecule has 0 spiro atoms. The van der Waals surface area contributed by atoms with Crippen LogP contribution in [0.1, 0.15) is 38.2 Å². The monoisotopic (exact) mass is 531 g/mol. The number of carbonyl (C=O) groups is 1. The van der Waals surface area contributed by atoms with Gasteiger partial charge < -0.3 is 25.2 Å². The van der Waals surface area contributed by atoms with E-state index in [2.05, 4.69) is 27.4 Å². The second-order valence-electron chi connectivity index (χ2n) is 7.82. The van der Waals surface area contributed by atoms with E-state index < -0.39 is 0 Å². The lowest BCUT2D eigenvalue weighted by Gasteiger charge is -2.32. The van der Waals surface area contributed by atoms with Gasteiger partial charge in [-0.05, 0) is 57.0 Å². The number of hydrogen-bond acceptors (Lipinski definition) is 4. The third-order valence-electron chi connectivity index (χ3n) is 5.35. The van der Waals surface area contributed by atoms with E-state index in [1.54, 1.807) is 26.1 Å². The number of carbonyl (C=O) groups excluding carboxylic acids is 1. The Morgan fingerprint density at radius 3 is 2.43 bits per heavy atom. The van der Waals surface area contributed by atoms with Crippen molar-refractivity contribution in [1.82, 2.24) is 20.4 Å². The van der Waals surface area contributed by atoms with E-state index in [4.69, 9.17) is 4.74 Å². The zero-order chi connectivity index (χ0) is 21.1. The average Bonchev–Trinajstić information content (AvgIpc) is 2.75. The van der Waals surface area contributed by atoms with E-state index >= 15 is 0 Å². The molecule has 0 bridgehead atoms. The van der Waals surface area contributed by atoms with Crippen LogP contribution in [0, 0.1) is 0 Å². The highest BCUT2D eigenvalue weighted by Gasteiger charge is 2.16. The van der Waals surface area contributed by atoms with Crippen molar-refractivity contribution in [2.24, 2.45) is 4.99 Å². The summed E-state index contributed by atoms with van der Waals surface area (Å²) in [7, 11) is 5.17. The van der Waals surface area contributed by atoms with Gasteiger partial charge in [0.2, 0.25) is 5.91 Å². The zero-order valence-corrected chi connectivity index (χ0v) is 21.1. The van der Waals surface area contributed by atoms with Gasteiger partial charge in [-0.2, -0.15) is 0 Å². The molecular weight excluding hydrogens is 493 g/mol. The Kier molecular flexibility index (Phi) is 12.8. The van der Waals surface area contributed by atoms with Crippen LogP contribution in [0.25, 0.3) is 0 Å². The Bertz CT molecular complexity index is 645. The Balaban J connectivity index is 0.00000450. The van der Waals surface area contributed by atoms with E-state index in [1.165, 1.54) is 32.4 Å². The first-order chi connectivity index (χ1) is 14.0. The Hall–Kier alpha value is -1.55. The molecule has 170 valence electrons. The number of ether oxygens (including phenoxy) is 1. The van der Waals surface area contributed by atoms with Crippen LogP contribution in [0.5, 0.6) is 5.75 Å². The number of nitrogens with one attached hydrogen (secondary N) is 2. The molecule has 1 atom stereocenters. The highest BCUT2D eigenvalue weighted by atomic mass is 127. The molecule has 30 heavy (non-hydrogen) atoms. The Morgan fingerprint density at radius 1 is 1.17 bits per heavy atom. The molecule has 2 N–H and O–H groups in total. The molecule has 8 heteroatoms. The Labute approximate surface area is 198 Å². The first-order valence-electron chi connectivity index (χ1n) is 10.6. The summed E-state index contributed by atoms with van der Waals surface area (Å²) >= 11 is 0. The number of hydrogen-bond donors (Lipinski definition) is 2. The highest BCUT2D eigenvalue weighted by molar-refractivity contribution is 14.0. The predicted octanol–water partition coefficient (Wildman–Crippen LogP) is 2.70. The fourth-order valence-corrected chi connectivity index (χ4v) is 3.33. The van der Waals surface area contributed by atoms with Gasteiger partial charge in [-0.15, -0.1) is 24.0 Å². The van der Waals surface area contributed by atoms with Gasteiger partial charge in [-0.25, -0.2) is 4.99 Å². The molecule has 1 aromatic carbocycles. The van der Waals surface area contributed by atoms with Gasteiger partial charge in [0.15, 0.2) is 5.96 Å². The van der Waals surface area contributed by atoms with Crippen LogP contribution in [0.4, 0.5) is 0 Å². The first-order valence-corrected chi connectivity index (χ1v) is 10.6. The summed E-state index contributed by atoms with van der Waals surface area (Å²) in [6, 6.07) is 8.42. The number of aliphatic imine (C=N–C) groups is 1. The summed E-state index contributed by atoms with van der Waals surface area (Å²) < 4.78 is 5.20. The average molecular weight is 531 g/mol. The van der Waals surface area contributed by atoms with Crippen molar-refractivity contribution in [1.29, 1.82) is 0 Å². The normalized spacial score (nSPS) is 15.7. The van der Waals surface area contributed by atoms with E-state index in [9.17, 15) is 4.79 Å². The van der Waals surface area contributed by atoms with Crippen LogP contribution in [0.15, 0.2) is 29.3 Å². The fraction of sp³-hybridized carbons (Fsp3) is 0.636. The molecule has 1 aliphatic rings. The summed E-state index contributed by atoms with van der Waals surface area (Å²) in [4.78, 5) is 20.7. The van der Waals surface area contributed by atoms with Crippen LogP contribution in [0.2, 0.25) is 0 Å². The maximum atomic E-state index is 11.9. The number of guanidine groups is 1. The second-order valence-corrected chi connectivity index (χ2v) is 7.82. The molecule has 1 unspecified atom stereocenters. The maximum Gasteiger partial charge on any atom is 0.241 e. The van der Waals surface area contributed by atoms with Gasteiger partial charge >= 0.3 is 0 Å². The molecular formula is C22H38IN5O2. The van der Waals surface area contributed by atoms with Crippen molar-refractivity contribution in [3.05, 3.63) is 29.8 Å². The number of benzene rings is 1. The molecule has 1 aliphatic heterocycles. The number of amides is 1. The van der Waals surface area contributed by atoms with Crippen molar-refractivity contribution >= 4 is 35.8 Å². The zero-order valence-electron chi connectivity index (χ0n) is 18.8. The second kappa shape index (κ2) is 14.5. The fourth-order valence-electron chi connectivity index (χ4n) is 3.33. The number of piperidine rings is 1. The smallest absolute Gasteiger partial charge is 0.241 e. The van der Waals surface area contributed by atoms with Crippen LogP contribution < -0.4 is 15.4 Å². The Morgan fingerprint density at radius 2 is 1.83 bits per heavy atom. The molecule has 1 heterocycles. The molecule has 0 aliphatic carbocycles. The summed E-state index contributed by atoms with van der Waals surface area (Å²) in [6.07, 6.45) is 5.01. The summed E-state index contributed by atoms with van der Waals surface area (Å²) in [5, 5.41) is 6.55. The molecule has 0 aromatic heterocycles. The third kappa shape index (κ3) is 9.51. The number of nitrogens with zero attached hydrogens (tertiary/aromatic N) is 3. The SMILES string of the molecule is COc1ccc(CN=C(NCCC(C)N2CCCCC2)NCC(=O)N(C)C)cc1.I. The number of likely N-dealkylation sites (N-methyl/N-ethyl adjacent to an activating group) is 1. The number of likely N-dealkylation sites (tertiary alicyclic amines) is 1. The summed E-state index contributed by atoms with van der Waals surface area (Å²) in [5.41, 5.74) is 1.09. The number of rotatable bonds is 9. The molecule has 1 saturated heterocycles. The molecule has 0 radical (unpaired) electrons. The van der Waals surface area contributed by atoms with Gasteiger partial charge in [0.05, 0.1) is 20.2 Å². The quantitative estimate of drug-likeness (QED) is 0.292. The molecule has 7 nitrogen and oxygen atoms in total. The molecule has 1 fully saturated rings. The maximum absolute atomic E-state index is 11.9. The van der Waals surface area contributed by atoms with Crippen molar-refractivity contribution < 1.29 is 9.53 Å². The number of methoxy groups -OCH3 is 1. The summed E-state index contributed by atoms with van der Waals surface area (Å²) in [5.74, 6) is 1.52. The summed E-state index contributed by atoms with van der Waals surface area (Å²) in [6.45, 7) is 6.29. The van der Waals surface area contributed by atoms with Crippen molar-refractivity contribution in [3.63, 3.8) is 0 Å². The van der Waals surface area contributed by atoms with Crippen LogP contribution in [0.3, 0.4) is 0 Å². The topological polar surface area (TPSA) is 69.2 Å². The lowest BCUT2D eigenvalue weighted by molar-refractivity contribution is -0.127. The largest absolute Gasteiger partial charge is 0.497 e. The van der Waals surface area contributed by atoms with Crippen LogP contribution in [-0.4, -0.2) is 75.1 Å². The molecule has 0 saturated carbocycles. The standard InChI is InChI=1S/C22H37N5O2.HI/c1-18(27-14-6-5-7-15-27)12-13-23-22(25-17-21(28)26(2)3)24-16-19-8-10-20(29-4)11-9-19;/h8-11,18H,5-7,12-17H2,1-4H3,(H2,23,24,25);1H. The molecule has 1 aromatic rings. The van der Waals surface area contributed by atoms with Gasteiger partial charge in [0.25, 0.3) is 0 Å². The first kappa shape index (κ1) is 26.5. The van der Waals surface area contributed by atoms with E-state index in [0.717, 1.165) is 24.3 Å². The van der Waals surface area contributed by atoms with Crippen molar-refractivity contribution in [2.75, 3.05) is 47.4 Å². The molecule has 1 amide bonds. The van der Waals surface area contributed by atoms with Gasteiger partial charge in [-0.1, -0.05) is 18.6 Å². The minimum atomic E-state index is 0. The number of halogens is 1. The van der Waals surface area contributed by atoms with E-state index in [-0.39, 0.29) is 36.4 Å². The minimum absolute atomic E-state index is 0. The van der Waals surface area contributed by atoms with Gasteiger partial charge in [-0.3, -0.25) is 4.79 Å².